The number of rotatable bonds is 8. The lowest BCUT2D eigenvalue weighted by atomic mass is 9.87. The number of benzene rings is 1. The molecule has 0 fully saturated rings. The molecule has 20 heavy (non-hydrogen) atoms. The van der Waals surface area contributed by atoms with Crippen LogP contribution >= 0.6 is 15.9 Å². The van der Waals surface area contributed by atoms with Crippen molar-refractivity contribution in [1.29, 1.82) is 0 Å². The molecule has 0 amide bonds. The van der Waals surface area contributed by atoms with Crippen molar-refractivity contribution in [3.63, 3.8) is 0 Å². The van der Waals surface area contributed by atoms with E-state index in [0.29, 0.717) is 5.69 Å². The van der Waals surface area contributed by atoms with Crippen LogP contribution in [0.1, 0.15) is 46.5 Å². The molecule has 0 unspecified atom stereocenters. The zero-order chi connectivity index (χ0) is 15.2. The standard InChI is InChI=1S/C15H23BrN2O2/c1-4-5-6-9-15(2,3)11-17-13-10-12(16)7-8-14(13)18(19)20/h7-8,10,17H,4-6,9,11H2,1-3H3. The fourth-order valence-electron chi connectivity index (χ4n) is 2.09. The zero-order valence-electron chi connectivity index (χ0n) is 12.4. The van der Waals surface area contributed by atoms with E-state index in [1.807, 2.05) is 0 Å². The SMILES string of the molecule is CCCCCC(C)(C)CNc1cc(Br)ccc1[N+](=O)[O-]. The van der Waals surface area contributed by atoms with Crippen LogP contribution in [-0.2, 0) is 0 Å². The average molecular weight is 343 g/mol. The van der Waals surface area contributed by atoms with Crippen molar-refractivity contribution in [3.8, 4) is 0 Å². The summed E-state index contributed by atoms with van der Waals surface area (Å²) in [4.78, 5) is 10.7. The molecule has 1 aromatic rings. The van der Waals surface area contributed by atoms with Crippen LogP contribution in [0.2, 0.25) is 0 Å². The van der Waals surface area contributed by atoms with Crippen molar-refractivity contribution in [3.05, 3.63) is 32.8 Å². The summed E-state index contributed by atoms with van der Waals surface area (Å²) < 4.78 is 0.842. The quantitative estimate of drug-likeness (QED) is 0.392. The minimum Gasteiger partial charge on any atom is -0.379 e. The number of halogens is 1. The van der Waals surface area contributed by atoms with Crippen LogP contribution in [0.15, 0.2) is 22.7 Å². The van der Waals surface area contributed by atoms with Gasteiger partial charge in [-0.3, -0.25) is 10.1 Å². The van der Waals surface area contributed by atoms with Gasteiger partial charge in [-0.2, -0.15) is 0 Å². The molecule has 0 aromatic heterocycles. The molecule has 4 nitrogen and oxygen atoms in total. The van der Waals surface area contributed by atoms with Gasteiger partial charge in [-0.1, -0.05) is 56.0 Å². The molecule has 0 saturated carbocycles. The lowest BCUT2D eigenvalue weighted by Crippen LogP contribution is -2.23. The number of nitrogens with zero attached hydrogens (tertiary/aromatic N) is 1. The van der Waals surface area contributed by atoms with E-state index in [1.165, 1.54) is 25.3 Å². The van der Waals surface area contributed by atoms with Crippen LogP contribution in [0.5, 0.6) is 0 Å². The van der Waals surface area contributed by atoms with Gasteiger partial charge in [0.1, 0.15) is 5.69 Å². The summed E-state index contributed by atoms with van der Waals surface area (Å²) in [6.07, 6.45) is 4.77. The molecule has 0 heterocycles. The normalized spacial score (nSPS) is 11.4. The Kier molecular flexibility index (Phi) is 6.46. The number of nitro benzene ring substituents is 1. The third-order valence-corrected chi connectivity index (χ3v) is 3.86. The van der Waals surface area contributed by atoms with E-state index in [0.717, 1.165) is 17.4 Å². The number of nitro groups is 1. The Morgan fingerprint density at radius 3 is 2.65 bits per heavy atom. The summed E-state index contributed by atoms with van der Waals surface area (Å²) in [5, 5.41) is 14.2. The monoisotopic (exact) mass is 342 g/mol. The van der Waals surface area contributed by atoms with Crippen LogP contribution in [0, 0.1) is 15.5 Å². The highest BCUT2D eigenvalue weighted by Crippen LogP contribution is 2.30. The lowest BCUT2D eigenvalue weighted by Gasteiger charge is -2.25. The first-order valence-electron chi connectivity index (χ1n) is 7.03. The molecule has 1 N–H and O–H groups in total. The zero-order valence-corrected chi connectivity index (χ0v) is 14.0. The molecule has 1 aromatic carbocycles. The minimum atomic E-state index is -0.348. The molecule has 0 radical (unpaired) electrons. The second-order valence-corrected chi connectivity index (χ2v) is 6.81. The third kappa shape index (κ3) is 5.49. The highest BCUT2D eigenvalue weighted by atomic mass is 79.9. The first kappa shape index (κ1) is 17.0. The molecule has 0 aliphatic carbocycles. The Balaban J connectivity index is 2.68. The van der Waals surface area contributed by atoms with E-state index < -0.39 is 0 Å². The van der Waals surface area contributed by atoms with Crippen LogP contribution in [0.25, 0.3) is 0 Å². The Morgan fingerprint density at radius 2 is 2.05 bits per heavy atom. The first-order valence-corrected chi connectivity index (χ1v) is 7.83. The molecule has 0 atom stereocenters. The summed E-state index contributed by atoms with van der Waals surface area (Å²) in [6.45, 7) is 7.31. The van der Waals surface area contributed by atoms with Gasteiger partial charge < -0.3 is 5.32 Å². The summed E-state index contributed by atoms with van der Waals surface area (Å²) in [5.74, 6) is 0. The van der Waals surface area contributed by atoms with E-state index >= 15 is 0 Å². The summed E-state index contributed by atoms with van der Waals surface area (Å²) in [7, 11) is 0. The van der Waals surface area contributed by atoms with Crippen LogP contribution in [0.4, 0.5) is 11.4 Å². The molecule has 5 heteroatoms. The molecular weight excluding hydrogens is 320 g/mol. The summed E-state index contributed by atoms with van der Waals surface area (Å²) in [6, 6.07) is 4.98. The van der Waals surface area contributed by atoms with Gasteiger partial charge in [0.15, 0.2) is 0 Å². The number of unbranched alkanes of at least 4 members (excludes halogenated alkanes) is 2. The van der Waals surface area contributed by atoms with Crippen molar-refractivity contribution < 1.29 is 4.92 Å². The van der Waals surface area contributed by atoms with Gasteiger partial charge in [0.2, 0.25) is 0 Å². The third-order valence-electron chi connectivity index (χ3n) is 3.37. The topological polar surface area (TPSA) is 55.2 Å². The van der Waals surface area contributed by atoms with Crippen LogP contribution in [-0.4, -0.2) is 11.5 Å². The van der Waals surface area contributed by atoms with Crippen LogP contribution < -0.4 is 5.32 Å². The average Bonchev–Trinajstić information content (AvgIpc) is 2.36. The number of anilines is 1. The van der Waals surface area contributed by atoms with E-state index in [1.54, 1.807) is 12.1 Å². The maximum absolute atomic E-state index is 11.0. The second kappa shape index (κ2) is 7.62. The maximum Gasteiger partial charge on any atom is 0.292 e. The van der Waals surface area contributed by atoms with Crippen LogP contribution in [0.3, 0.4) is 0 Å². The Morgan fingerprint density at radius 1 is 1.35 bits per heavy atom. The fraction of sp³-hybridized carbons (Fsp3) is 0.600. The van der Waals surface area contributed by atoms with Gasteiger partial charge in [0.05, 0.1) is 4.92 Å². The first-order chi connectivity index (χ1) is 9.35. The van der Waals surface area contributed by atoms with E-state index in [9.17, 15) is 10.1 Å². The molecule has 0 aliphatic rings. The maximum atomic E-state index is 11.0. The van der Waals surface area contributed by atoms with E-state index in [2.05, 4.69) is 42.0 Å². The molecule has 0 bridgehead atoms. The largest absolute Gasteiger partial charge is 0.379 e. The predicted octanol–water partition coefficient (Wildman–Crippen LogP) is 5.38. The molecule has 0 spiro atoms. The predicted molar refractivity (Wildman–Crippen MR) is 87.2 cm³/mol. The molecule has 112 valence electrons. The van der Waals surface area contributed by atoms with E-state index in [-0.39, 0.29) is 16.0 Å². The Hall–Kier alpha value is -1.10. The van der Waals surface area contributed by atoms with E-state index in [4.69, 9.17) is 0 Å². The molecular formula is C15H23BrN2O2. The Bertz CT molecular complexity index is 461. The van der Waals surface area contributed by atoms with Crippen molar-refractivity contribution in [1.82, 2.24) is 0 Å². The van der Waals surface area contributed by atoms with Crippen molar-refractivity contribution in [2.45, 2.75) is 46.5 Å². The summed E-state index contributed by atoms with van der Waals surface area (Å²) in [5.41, 5.74) is 0.830. The number of hydrogen-bond donors (Lipinski definition) is 1. The van der Waals surface area contributed by atoms with Gasteiger partial charge in [-0.05, 0) is 24.0 Å². The summed E-state index contributed by atoms with van der Waals surface area (Å²) >= 11 is 3.35. The fourth-order valence-corrected chi connectivity index (χ4v) is 2.45. The van der Waals surface area contributed by atoms with Gasteiger partial charge in [-0.15, -0.1) is 0 Å². The second-order valence-electron chi connectivity index (χ2n) is 5.89. The van der Waals surface area contributed by atoms with Crippen molar-refractivity contribution in [2.24, 2.45) is 5.41 Å². The number of hydrogen-bond acceptors (Lipinski definition) is 3. The van der Waals surface area contributed by atoms with Gasteiger partial charge in [0.25, 0.3) is 5.69 Å². The minimum absolute atomic E-state index is 0.123. The Labute approximate surface area is 129 Å². The molecule has 0 aliphatic heterocycles. The van der Waals surface area contributed by atoms with Gasteiger partial charge in [-0.25, -0.2) is 0 Å². The highest BCUT2D eigenvalue weighted by molar-refractivity contribution is 9.10. The highest BCUT2D eigenvalue weighted by Gasteiger charge is 2.20. The van der Waals surface area contributed by atoms with Crippen molar-refractivity contribution >= 4 is 27.3 Å². The van der Waals surface area contributed by atoms with Gasteiger partial charge >= 0.3 is 0 Å². The molecule has 0 saturated heterocycles. The lowest BCUT2D eigenvalue weighted by molar-refractivity contribution is -0.384. The molecule has 1 rings (SSSR count). The number of nitrogens with one attached hydrogen (secondary N) is 1. The van der Waals surface area contributed by atoms with Gasteiger partial charge in [0, 0.05) is 17.1 Å². The smallest absolute Gasteiger partial charge is 0.292 e. The van der Waals surface area contributed by atoms with Crippen molar-refractivity contribution in [2.75, 3.05) is 11.9 Å².